The van der Waals surface area contributed by atoms with E-state index in [9.17, 15) is 4.39 Å². The molecule has 0 radical (unpaired) electrons. The minimum Gasteiger partial charge on any atom is -0.319 e. The quantitative estimate of drug-likeness (QED) is 0.886. The zero-order valence-corrected chi connectivity index (χ0v) is 12.6. The molecule has 0 saturated heterocycles. The van der Waals surface area contributed by atoms with Gasteiger partial charge in [-0.2, -0.15) is 0 Å². The van der Waals surface area contributed by atoms with Crippen molar-refractivity contribution >= 4 is 15.9 Å². The van der Waals surface area contributed by atoms with E-state index in [1.807, 2.05) is 13.1 Å². The third-order valence-electron chi connectivity index (χ3n) is 3.15. The summed E-state index contributed by atoms with van der Waals surface area (Å²) >= 11 is 3.39. The topological polar surface area (TPSA) is 12.0 Å². The first-order valence-electron chi connectivity index (χ1n) is 5.93. The van der Waals surface area contributed by atoms with Crippen LogP contribution in [0.4, 0.5) is 4.39 Å². The van der Waals surface area contributed by atoms with Crippen LogP contribution in [0.1, 0.15) is 26.3 Å². The van der Waals surface area contributed by atoms with Gasteiger partial charge >= 0.3 is 0 Å². The van der Waals surface area contributed by atoms with Crippen molar-refractivity contribution in [3.05, 3.63) is 34.1 Å². The SMILES string of the molecule is CNCC(Cc1cc(Br)ccc1F)C(C)(C)C. The van der Waals surface area contributed by atoms with Gasteiger partial charge in [0.2, 0.25) is 0 Å². The van der Waals surface area contributed by atoms with Crippen LogP contribution in [0.2, 0.25) is 0 Å². The van der Waals surface area contributed by atoms with Gasteiger partial charge in [-0.15, -0.1) is 0 Å². The van der Waals surface area contributed by atoms with Gasteiger partial charge in [0.1, 0.15) is 5.82 Å². The van der Waals surface area contributed by atoms with Crippen molar-refractivity contribution in [2.45, 2.75) is 27.2 Å². The molecule has 0 spiro atoms. The zero-order valence-electron chi connectivity index (χ0n) is 11.0. The first kappa shape index (κ1) is 14.7. The van der Waals surface area contributed by atoms with E-state index in [1.54, 1.807) is 6.07 Å². The summed E-state index contributed by atoms with van der Waals surface area (Å²) in [6, 6.07) is 5.14. The Morgan fingerprint density at radius 2 is 2.00 bits per heavy atom. The van der Waals surface area contributed by atoms with E-state index < -0.39 is 0 Å². The standard InChI is InChI=1S/C14H21BrFN/c1-14(2,3)11(9-17-4)7-10-8-12(15)5-6-13(10)16/h5-6,8,11,17H,7,9H2,1-4H3. The van der Waals surface area contributed by atoms with Gasteiger partial charge in [0.05, 0.1) is 0 Å². The summed E-state index contributed by atoms with van der Waals surface area (Å²) in [6.45, 7) is 7.50. The van der Waals surface area contributed by atoms with Gasteiger partial charge in [0.15, 0.2) is 0 Å². The summed E-state index contributed by atoms with van der Waals surface area (Å²) in [5.74, 6) is 0.301. The van der Waals surface area contributed by atoms with Crippen LogP contribution in [0.15, 0.2) is 22.7 Å². The first-order chi connectivity index (χ1) is 7.84. The molecule has 1 nitrogen and oxygen atoms in total. The minimum atomic E-state index is -0.112. The molecule has 0 aliphatic carbocycles. The average molecular weight is 302 g/mol. The zero-order chi connectivity index (χ0) is 13.1. The van der Waals surface area contributed by atoms with Crippen LogP contribution >= 0.6 is 15.9 Å². The third-order valence-corrected chi connectivity index (χ3v) is 3.64. The lowest BCUT2D eigenvalue weighted by molar-refractivity contribution is 0.233. The highest BCUT2D eigenvalue weighted by Crippen LogP contribution is 2.30. The van der Waals surface area contributed by atoms with Crippen LogP contribution in [0, 0.1) is 17.2 Å². The second-order valence-corrected chi connectivity index (χ2v) is 6.48. The molecule has 0 saturated carbocycles. The highest BCUT2D eigenvalue weighted by atomic mass is 79.9. The summed E-state index contributed by atoms with van der Waals surface area (Å²) < 4.78 is 14.7. The summed E-state index contributed by atoms with van der Waals surface area (Å²) in [4.78, 5) is 0. The molecule has 0 bridgehead atoms. The number of hydrogen-bond donors (Lipinski definition) is 1. The molecule has 1 aromatic carbocycles. The lowest BCUT2D eigenvalue weighted by Crippen LogP contribution is -2.32. The molecule has 0 heterocycles. The highest BCUT2D eigenvalue weighted by Gasteiger charge is 2.25. The molecule has 0 aromatic heterocycles. The van der Waals surface area contributed by atoms with Crippen LogP contribution in [0.3, 0.4) is 0 Å². The normalized spacial score (nSPS) is 13.8. The third kappa shape index (κ3) is 4.40. The number of benzene rings is 1. The molecule has 96 valence electrons. The maximum atomic E-state index is 13.7. The molecule has 17 heavy (non-hydrogen) atoms. The van der Waals surface area contributed by atoms with Gasteiger partial charge in [-0.05, 0) is 55.1 Å². The molecule has 1 atom stereocenters. The minimum absolute atomic E-state index is 0.112. The van der Waals surface area contributed by atoms with Crippen molar-refractivity contribution in [1.82, 2.24) is 5.32 Å². The molecule has 1 rings (SSSR count). The van der Waals surface area contributed by atoms with Crippen LogP contribution in [0.25, 0.3) is 0 Å². The van der Waals surface area contributed by atoms with Crippen LogP contribution in [-0.2, 0) is 6.42 Å². The molecular formula is C14H21BrFN. The fourth-order valence-electron chi connectivity index (χ4n) is 1.90. The molecular weight excluding hydrogens is 281 g/mol. The smallest absolute Gasteiger partial charge is 0.126 e. The van der Waals surface area contributed by atoms with E-state index in [-0.39, 0.29) is 11.2 Å². The van der Waals surface area contributed by atoms with E-state index in [2.05, 4.69) is 42.0 Å². The molecule has 3 heteroatoms. The van der Waals surface area contributed by atoms with E-state index in [4.69, 9.17) is 0 Å². The Labute approximate surface area is 112 Å². The molecule has 0 aliphatic rings. The maximum absolute atomic E-state index is 13.7. The summed E-state index contributed by atoms with van der Waals surface area (Å²) in [5.41, 5.74) is 0.951. The van der Waals surface area contributed by atoms with Gasteiger partial charge < -0.3 is 5.32 Å². The van der Waals surface area contributed by atoms with Gasteiger partial charge in [0, 0.05) is 4.47 Å². The number of rotatable bonds is 4. The Morgan fingerprint density at radius 3 is 2.53 bits per heavy atom. The summed E-state index contributed by atoms with van der Waals surface area (Å²) in [6.07, 6.45) is 0.760. The number of halogens is 2. The molecule has 1 N–H and O–H groups in total. The van der Waals surface area contributed by atoms with E-state index >= 15 is 0 Å². The Bertz CT molecular complexity index is 371. The van der Waals surface area contributed by atoms with Crippen molar-refractivity contribution in [3.63, 3.8) is 0 Å². The van der Waals surface area contributed by atoms with Crippen molar-refractivity contribution in [2.75, 3.05) is 13.6 Å². The second kappa shape index (κ2) is 5.96. The van der Waals surface area contributed by atoms with E-state index in [1.165, 1.54) is 6.07 Å². The molecule has 0 fully saturated rings. The Hall–Kier alpha value is -0.410. The predicted molar refractivity (Wildman–Crippen MR) is 74.7 cm³/mol. The summed E-state index contributed by atoms with van der Waals surface area (Å²) in [7, 11) is 1.94. The summed E-state index contributed by atoms with van der Waals surface area (Å²) in [5, 5.41) is 3.19. The van der Waals surface area contributed by atoms with Crippen molar-refractivity contribution in [2.24, 2.45) is 11.3 Å². The number of hydrogen-bond acceptors (Lipinski definition) is 1. The lowest BCUT2D eigenvalue weighted by Gasteiger charge is -2.31. The van der Waals surface area contributed by atoms with Gasteiger partial charge in [0.25, 0.3) is 0 Å². The predicted octanol–water partition coefficient (Wildman–Crippen LogP) is 4.01. The molecule has 1 aromatic rings. The van der Waals surface area contributed by atoms with Crippen molar-refractivity contribution in [3.8, 4) is 0 Å². The Morgan fingerprint density at radius 1 is 1.35 bits per heavy atom. The molecule has 1 unspecified atom stereocenters. The Kier molecular flexibility index (Phi) is 5.14. The van der Waals surface area contributed by atoms with Crippen molar-refractivity contribution in [1.29, 1.82) is 0 Å². The highest BCUT2D eigenvalue weighted by molar-refractivity contribution is 9.10. The fraction of sp³-hybridized carbons (Fsp3) is 0.571. The molecule has 0 aliphatic heterocycles. The largest absolute Gasteiger partial charge is 0.319 e. The first-order valence-corrected chi connectivity index (χ1v) is 6.72. The molecule has 0 amide bonds. The van der Waals surface area contributed by atoms with Gasteiger partial charge in [-0.3, -0.25) is 0 Å². The van der Waals surface area contributed by atoms with E-state index in [0.717, 1.165) is 23.0 Å². The monoisotopic (exact) mass is 301 g/mol. The average Bonchev–Trinajstić information content (AvgIpc) is 2.21. The maximum Gasteiger partial charge on any atom is 0.126 e. The lowest BCUT2D eigenvalue weighted by atomic mass is 9.77. The second-order valence-electron chi connectivity index (χ2n) is 5.56. The Balaban J connectivity index is 2.89. The van der Waals surface area contributed by atoms with E-state index in [0.29, 0.717) is 5.92 Å². The van der Waals surface area contributed by atoms with Crippen LogP contribution in [0.5, 0.6) is 0 Å². The number of nitrogens with one attached hydrogen (secondary N) is 1. The van der Waals surface area contributed by atoms with Gasteiger partial charge in [-0.25, -0.2) is 4.39 Å². The van der Waals surface area contributed by atoms with Crippen LogP contribution in [-0.4, -0.2) is 13.6 Å². The van der Waals surface area contributed by atoms with Crippen LogP contribution < -0.4 is 5.32 Å². The van der Waals surface area contributed by atoms with Crippen molar-refractivity contribution < 1.29 is 4.39 Å². The van der Waals surface area contributed by atoms with Gasteiger partial charge in [-0.1, -0.05) is 36.7 Å². The fourth-order valence-corrected chi connectivity index (χ4v) is 2.30.